The van der Waals surface area contributed by atoms with Crippen LogP contribution in [0.25, 0.3) is 5.65 Å². The molecule has 0 aliphatic rings. The minimum Gasteiger partial charge on any atom is -0.387 e. The molecule has 5 nitrogen and oxygen atoms in total. The summed E-state index contributed by atoms with van der Waals surface area (Å²) in [5, 5.41) is 11.2. The molecular formula is C8H9N5. The van der Waals surface area contributed by atoms with Gasteiger partial charge in [-0.15, -0.1) is 0 Å². The van der Waals surface area contributed by atoms with Crippen LogP contribution in [0.1, 0.15) is 5.56 Å². The number of fused-ring (bicyclic) bond motifs is 1. The minimum absolute atomic E-state index is 0.133. The van der Waals surface area contributed by atoms with Crippen molar-refractivity contribution in [2.45, 2.75) is 6.42 Å². The lowest BCUT2D eigenvalue weighted by molar-refractivity contribution is 0.921. The van der Waals surface area contributed by atoms with Gasteiger partial charge in [0.05, 0.1) is 12.0 Å². The van der Waals surface area contributed by atoms with Crippen LogP contribution in [0.2, 0.25) is 0 Å². The number of nitrogens with one attached hydrogen (secondary N) is 1. The van der Waals surface area contributed by atoms with Crippen LogP contribution in [-0.2, 0) is 6.42 Å². The van der Waals surface area contributed by atoms with E-state index in [0.29, 0.717) is 6.42 Å². The van der Waals surface area contributed by atoms with Crippen molar-refractivity contribution < 1.29 is 0 Å². The normalized spacial score (nSPS) is 10.5. The maximum absolute atomic E-state index is 7.12. The molecule has 5 heteroatoms. The molecule has 0 spiro atoms. The van der Waals surface area contributed by atoms with Gasteiger partial charge in [0, 0.05) is 24.9 Å². The average Bonchev–Trinajstić information content (AvgIpc) is 2.49. The van der Waals surface area contributed by atoms with Gasteiger partial charge in [-0.2, -0.15) is 5.10 Å². The smallest absolute Gasteiger partial charge is 0.154 e. The van der Waals surface area contributed by atoms with Crippen LogP contribution in [-0.4, -0.2) is 20.4 Å². The van der Waals surface area contributed by atoms with Gasteiger partial charge < -0.3 is 5.73 Å². The van der Waals surface area contributed by atoms with Gasteiger partial charge in [-0.3, -0.25) is 5.41 Å². The Morgan fingerprint density at radius 2 is 2.46 bits per heavy atom. The third kappa shape index (κ3) is 1.48. The van der Waals surface area contributed by atoms with Crippen molar-refractivity contribution in [3.05, 3.63) is 30.2 Å². The lowest BCUT2D eigenvalue weighted by Gasteiger charge is -1.98. The van der Waals surface area contributed by atoms with E-state index in [1.54, 1.807) is 16.9 Å². The quantitative estimate of drug-likeness (QED) is 0.505. The predicted octanol–water partition coefficient (Wildman–Crippen LogP) is 0.208. The van der Waals surface area contributed by atoms with Crippen LogP contribution in [0.5, 0.6) is 0 Å². The highest BCUT2D eigenvalue weighted by Crippen LogP contribution is 2.01. The Labute approximate surface area is 74.7 Å². The van der Waals surface area contributed by atoms with Gasteiger partial charge in [0.1, 0.15) is 0 Å². The first kappa shape index (κ1) is 7.72. The van der Waals surface area contributed by atoms with E-state index in [0.717, 1.165) is 11.2 Å². The Kier molecular flexibility index (Phi) is 1.70. The molecule has 2 aromatic rings. The van der Waals surface area contributed by atoms with Crippen molar-refractivity contribution in [2.24, 2.45) is 5.73 Å². The number of amidine groups is 1. The summed E-state index contributed by atoms with van der Waals surface area (Å²) in [5.41, 5.74) is 6.96. The fourth-order valence-corrected chi connectivity index (χ4v) is 1.16. The summed E-state index contributed by atoms with van der Waals surface area (Å²) in [6, 6.07) is 1.82. The Balaban J connectivity index is 2.42. The maximum Gasteiger partial charge on any atom is 0.154 e. The summed E-state index contributed by atoms with van der Waals surface area (Å²) < 4.78 is 1.66. The maximum atomic E-state index is 7.12. The zero-order valence-electron chi connectivity index (χ0n) is 6.94. The number of nitrogens with two attached hydrogens (primary N) is 1. The number of rotatable bonds is 2. The van der Waals surface area contributed by atoms with Crippen LogP contribution in [0, 0.1) is 5.41 Å². The Bertz CT molecular complexity index is 444. The third-order valence-corrected chi connectivity index (χ3v) is 1.69. The second-order valence-electron chi connectivity index (χ2n) is 2.80. The Hall–Kier alpha value is -1.91. The van der Waals surface area contributed by atoms with Crippen molar-refractivity contribution in [3.63, 3.8) is 0 Å². The van der Waals surface area contributed by atoms with Crippen LogP contribution in [0.4, 0.5) is 0 Å². The molecule has 0 amide bonds. The van der Waals surface area contributed by atoms with E-state index < -0.39 is 0 Å². The molecular weight excluding hydrogens is 166 g/mol. The highest BCUT2D eigenvalue weighted by Gasteiger charge is 1.98. The van der Waals surface area contributed by atoms with E-state index in [2.05, 4.69) is 10.1 Å². The number of nitrogens with zero attached hydrogens (tertiary/aromatic N) is 3. The van der Waals surface area contributed by atoms with Gasteiger partial charge >= 0.3 is 0 Å². The first-order chi connectivity index (χ1) is 6.25. The summed E-state index contributed by atoms with van der Waals surface area (Å²) in [4.78, 5) is 4.14. The Morgan fingerprint density at radius 1 is 1.62 bits per heavy atom. The van der Waals surface area contributed by atoms with Crippen molar-refractivity contribution in [3.8, 4) is 0 Å². The monoisotopic (exact) mass is 175 g/mol. The van der Waals surface area contributed by atoms with E-state index in [1.807, 2.05) is 12.3 Å². The van der Waals surface area contributed by atoms with Crippen molar-refractivity contribution in [1.29, 1.82) is 5.41 Å². The summed E-state index contributed by atoms with van der Waals surface area (Å²) in [7, 11) is 0. The largest absolute Gasteiger partial charge is 0.387 e. The number of hydrogen-bond acceptors (Lipinski definition) is 3. The Morgan fingerprint density at radius 3 is 3.23 bits per heavy atom. The molecule has 13 heavy (non-hydrogen) atoms. The number of hydrogen-bond donors (Lipinski definition) is 2. The highest BCUT2D eigenvalue weighted by molar-refractivity contribution is 5.79. The van der Waals surface area contributed by atoms with Crippen molar-refractivity contribution >= 4 is 11.5 Å². The average molecular weight is 175 g/mol. The summed E-state index contributed by atoms with van der Waals surface area (Å²) in [5.74, 6) is 0.133. The van der Waals surface area contributed by atoms with E-state index in [1.165, 1.54) is 0 Å². The lowest BCUT2D eigenvalue weighted by atomic mass is 10.2. The molecule has 0 aromatic carbocycles. The first-order valence-electron chi connectivity index (χ1n) is 3.87. The molecule has 66 valence electrons. The van der Waals surface area contributed by atoms with Gasteiger partial charge in [-0.05, 0) is 5.56 Å². The molecule has 0 radical (unpaired) electrons. The second kappa shape index (κ2) is 2.85. The van der Waals surface area contributed by atoms with E-state index >= 15 is 0 Å². The first-order valence-corrected chi connectivity index (χ1v) is 3.87. The van der Waals surface area contributed by atoms with E-state index in [9.17, 15) is 0 Å². The SMILES string of the molecule is N=C(N)Cc1cnc2ccnn2c1. The summed E-state index contributed by atoms with van der Waals surface area (Å²) in [6.45, 7) is 0. The predicted molar refractivity (Wildman–Crippen MR) is 48.6 cm³/mol. The van der Waals surface area contributed by atoms with E-state index in [4.69, 9.17) is 11.1 Å². The van der Waals surface area contributed by atoms with Crippen LogP contribution in [0.15, 0.2) is 24.7 Å². The molecule has 0 saturated heterocycles. The van der Waals surface area contributed by atoms with Gasteiger partial charge in [0.15, 0.2) is 5.65 Å². The zero-order chi connectivity index (χ0) is 9.26. The van der Waals surface area contributed by atoms with Gasteiger partial charge in [-0.25, -0.2) is 9.50 Å². The van der Waals surface area contributed by atoms with Crippen LogP contribution >= 0.6 is 0 Å². The van der Waals surface area contributed by atoms with Gasteiger partial charge in [0.2, 0.25) is 0 Å². The van der Waals surface area contributed by atoms with Gasteiger partial charge in [0.25, 0.3) is 0 Å². The summed E-state index contributed by atoms with van der Waals surface area (Å²) >= 11 is 0. The second-order valence-corrected chi connectivity index (χ2v) is 2.80. The molecule has 2 aromatic heterocycles. The fraction of sp³-hybridized carbons (Fsp3) is 0.125. The molecule has 0 unspecified atom stereocenters. The highest BCUT2D eigenvalue weighted by atomic mass is 15.2. The molecule has 0 bridgehead atoms. The molecule has 0 atom stereocenters. The molecule has 2 rings (SSSR count). The molecule has 3 N–H and O–H groups in total. The van der Waals surface area contributed by atoms with Crippen molar-refractivity contribution in [1.82, 2.24) is 14.6 Å². The zero-order valence-corrected chi connectivity index (χ0v) is 6.94. The van der Waals surface area contributed by atoms with Crippen LogP contribution < -0.4 is 5.73 Å². The van der Waals surface area contributed by atoms with E-state index in [-0.39, 0.29) is 5.84 Å². The summed E-state index contributed by atoms with van der Waals surface area (Å²) in [6.07, 6.45) is 5.63. The topological polar surface area (TPSA) is 80.1 Å². The van der Waals surface area contributed by atoms with Crippen LogP contribution in [0.3, 0.4) is 0 Å². The molecule has 0 saturated carbocycles. The molecule has 0 aliphatic carbocycles. The molecule has 2 heterocycles. The van der Waals surface area contributed by atoms with Crippen molar-refractivity contribution in [2.75, 3.05) is 0 Å². The number of aromatic nitrogens is 3. The third-order valence-electron chi connectivity index (χ3n) is 1.69. The standard InChI is InChI=1S/C8H9N5/c9-7(10)3-6-4-11-8-1-2-12-13(8)5-6/h1-2,4-5H,3H2,(H3,9,10). The van der Waals surface area contributed by atoms with Gasteiger partial charge in [-0.1, -0.05) is 0 Å². The lowest BCUT2D eigenvalue weighted by Crippen LogP contribution is -2.13. The molecule has 0 aliphatic heterocycles. The fourth-order valence-electron chi connectivity index (χ4n) is 1.16. The molecule has 0 fully saturated rings. The minimum atomic E-state index is 0.133.